The lowest BCUT2D eigenvalue weighted by atomic mass is 10.1. The third-order valence-electron chi connectivity index (χ3n) is 1.97. The number of hydrogen-bond donors (Lipinski definition) is 2. The summed E-state index contributed by atoms with van der Waals surface area (Å²) in [6.07, 6.45) is 3.94. The molecule has 0 radical (unpaired) electrons. The van der Waals surface area contributed by atoms with Crippen LogP contribution in [-0.2, 0) is 4.79 Å². The maximum absolute atomic E-state index is 11.3. The van der Waals surface area contributed by atoms with Gasteiger partial charge in [0.25, 0.3) is 0 Å². The Morgan fingerprint density at radius 2 is 2.29 bits per heavy atom. The van der Waals surface area contributed by atoms with E-state index >= 15 is 0 Å². The Balaban J connectivity index is 3.47. The van der Waals surface area contributed by atoms with Crippen molar-refractivity contribution in [3.05, 3.63) is 0 Å². The maximum Gasteiger partial charge on any atom is 0.236 e. The molecule has 4 heteroatoms. The molecular formula is C10H19N3O. The van der Waals surface area contributed by atoms with Gasteiger partial charge in [0, 0.05) is 13.0 Å². The van der Waals surface area contributed by atoms with Gasteiger partial charge in [-0.15, -0.1) is 0 Å². The Bertz CT molecular complexity index is 198. The van der Waals surface area contributed by atoms with Crippen molar-refractivity contribution in [2.24, 2.45) is 5.73 Å². The average molecular weight is 197 g/mol. The molecule has 80 valence electrons. The topological polar surface area (TPSA) is 78.9 Å². The number of nitrogens with zero attached hydrogens (tertiary/aromatic N) is 1. The van der Waals surface area contributed by atoms with Gasteiger partial charge in [-0.25, -0.2) is 0 Å². The van der Waals surface area contributed by atoms with Gasteiger partial charge in [-0.3, -0.25) is 4.79 Å². The zero-order valence-electron chi connectivity index (χ0n) is 8.75. The first-order chi connectivity index (χ1) is 6.72. The minimum atomic E-state index is -0.392. The molecule has 0 aliphatic carbocycles. The summed E-state index contributed by atoms with van der Waals surface area (Å²) in [5.74, 6) is -0.101. The van der Waals surface area contributed by atoms with Crippen LogP contribution in [0.4, 0.5) is 0 Å². The summed E-state index contributed by atoms with van der Waals surface area (Å²) in [6, 6.07) is 1.63. The highest BCUT2D eigenvalue weighted by molar-refractivity contribution is 5.81. The number of nitrogens with two attached hydrogens (primary N) is 1. The fourth-order valence-electron chi connectivity index (χ4n) is 1.07. The fourth-order valence-corrected chi connectivity index (χ4v) is 1.07. The van der Waals surface area contributed by atoms with Crippen molar-refractivity contribution in [3.8, 4) is 6.07 Å². The summed E-state index contributed by atoms with van der Waals surface area (Å²) in [4.78, 5) is 11.3. The van der Waals surface area contributed by atoms with Crippen LogP contribution in [0.1, 0.15) is 39.0 Å². The summed E-state index contributed by atoms with van der Waals surface area (Å²) in [5, 5.41) is 11.0. The molecule has 0 aromatic carbocycles. The van der Waals surface area contributed by atoms with Crippen LogP contribution in [0.15, 0.2) is 0 Å². The molecule has 0 fully saturated rings. The van der Waals surface area contributed by atoms with Gasteiger partial charge in [0.05, 0.1) is 12.1 Å². The molecule has 0 heterocycles. The molecule has 0 spiro atoms. The monoisotopic (exact) mass is 197 g/mol. The number of carbonyl (C=O) groups is 1. The van der Waals surface area contributed by atoms with Crippen molar-refractivity contribution in [2.45, 2.75) is 45.1 Å². The molecule has 0 saturated heterocycles. The fraction of sp³-hybridized carbons (Fsp3) is 0.800. The molecule has 14 heavy (non-hydrogen) atoms. The van der Waals surface area contributed by atoms with Gasteiger partial charge in [-0.1, -0.05) is 19.8 Å². The van der Waals surface area contributed by atoms with Crippen LogP contribution in [0.5, 0.6) is 0 Å². The minimum Gasteiger partial charge on any atom is -0.355 e. The minimum absolute atomic E-state index is 0.101. The first-order valence-electron chi connectivity index (χ1n) is 5.12. The Labute approximate surface area is 85.5 Å². The number of amides is 1. The lowest BCUT2D eigenvalue weighted by Crippen LogP contribution is -2.40. The quantitative estimate of drug-likeness (QED) is 0.596. The highest BCUT2D eigenvalue weighted by atomic mass is 16.2. The third kappa shape index (κ3) is 6.44. The van der Waals surface area contributed by atoms with Crippen LogP contribution in [0.3, 0.4) is 0 Å². The molecule has 0 unspecified atom stereocenters. The van der Waals surface area contributed by atoms with Crippen LogP contribution < -0.4 is 11.1 Å². The maximum atomic E-state index is 11.3. The van der Waals surface area contributed by atoms with Crippen LogP contribution in [0.2, 0.25) is 0 Å². The summed E-state index contributed by atoms with van der Waals surface area (Å²) >= 11 is 0. The van der Waals surface area contributed by atoms with Crippen molar-refractivity contribution >= 4 is 5.91 Å². The second-order valence-electron chi connectivity index (χ2n) is 3.30. The van der Waals surface area contributed by atoms with Gasteiger partial charge >= 0.3 is 0 Å². The molecule has 1 atom stereocenters. The van der Waals surface area contributed by atoms with Crippen LogP contribution >= 0.6 is 0 Å². The normalized spacial score (nSPS) is 11.8. The van der Waals surface area contributed by atoms with Crippen molar-refractivity contribution in [1.29, 1.82) is 5.26 Å². The summed E-state index contributed by atoms with van der Waals surface area (Å²) in [7, 11) is 0. The van der Waals surface area contributed by atoms with Crippen molar-refractivity contribution in [3.63, 3.8) is 0 Å². The van der Waals surface area contributed by atoms with Gasteiger partial charge in [-0.2, -0.15) is 5.26 Å². The first kappa shape index (κ1) is 12.9. The van der Waals surface area contributed by atoms with Crippen LogP contribution in [0, 0.1) is 11.3 Å². The Kier molecular flexibility index (Phi) is 7.86. The van der Waals surface area contributed by atoms with E-state index in [0.29, 0.717) is 19.4 Å². The van der Waals surface area contributed by atoms with Crippen molar-refractivity contribution in [1.82, 2.24) is 5.32 Å². The zero-order valence-corrected chi connectivity index (χ0v) is 8.75. The molecule has 0 saturated carbocycles. The lowest BCUT2D eigenvalue weighted by molar-refractivity contribution is -0.122. The standard InChI is InChI=1S/C10H19N3O/c1-2-3-6-9(12)10(14)13-8-5-4-7-11/h9H,2-6,8,12H2,1H3,(H,13,14)/t9-/m0/s1. The Hall–Kier alpha value is -1.08. The summed E-state index contributed by atoms with van der Waals surface area (Å²) in [5.41, 5.74) is 5.64. The molecule has 4 nitrogen and oxygen atoms in total. The largest absolute Gasteiger partial charge is 0.355 e. The lowest BCUT2D eigenvalue weighted by Gasteiger charge is -2.10. The summed E-state index contributed by atoms with van der Waals surface area (Å²) in [6.45, 7) is 2.61. The number of nitriles is 1. The van der Waals surface area contributed by atoms with E-state index in [1.165, 1.54) is 0 Å². The second-order valence-corrected chi connectivity index (χ2v) is 3.30. The molecule has 0 rings (SSSR count). The number of carbonyl (C=O) groups excluding carboxylic acids is 1. The molecule has 3 N–H and O–H groups in total. The van der Waals surface area contributed by atoms with E-state index in [9.17, 15) is 4.79 Å². The molecule has 1 amide bonds. The number of unbranched alkanes of at least 4 members (excludes halogenated alkanes) is 2. The predicted octanol–water partition coefficient (Wildman–Crippen LogP) is 0.924. The van der Waals surface area contributed by atoms with Crippen LogP contribution in [0.25, 0.3) is 0 Å². The second kappa shape index (κ2) is 8.52. The number of nitrogens with one attached hydrogen (secondary N) is 1. The van der Waals surface area contributed by atoms with Crippen LogP contribution in [-0.4, -0.2) is 18.5 Å². The highest BCUT2D eigenvalue weighted by Crippen LogP contribution is 1.97. The van der Waals surface area contributed by atoms with E-state index in [1.54, 1.807) is 0 Å². The SMILES string of the molecule is CCCC[C@H](N)C(=O)NCCCC#N. The van der Waals surface area contributed by atoms with Gasteiger partial charge in [-0.05, 0) is 12.8 Å². The molecule has 0 aromatic rings. The Morgan fingerprint density at radius 1 is 1.57 bits per heavy atom. The van der Waals surface area contributed by atoms with Gasteiger partial charge < -0.3 is 11.1 Å². The molecule has 0 aliphatic heterocycles. The summed E-state index contributed by atoms with van der Waals surface area (Å²) < 4.78 is 0. The van der Waals surface area contributed by atoms with E-state index in [2.05, 4.69) is 12.2 Å². The zero-order chi connectivity index (χ0) is 10.8. The van der Waals surface area contributed by atoms with E-state index in [4.69, 9.17) is 11.0 Å². The van der Waals surface area contributed by atoms with Gasteiger partial charge in [0.1, 0.15) is 0 Å². The van der Waals surface area contributed by atoms with E-state index in [-0.39, 0.29) is 5.91 Å². The Morgan fingerprint density at radius 3 is 2.86 bits per heavy atom. The van der Waals surface area contributed by atoms with E-state index < -0.39 is 6.04 Å². The smallest absolute Gasteiger partial charge is 0.236 e. The third-order valence-corrected chi connectivity index (χ3v) is 1.97. The van der Waals surface area contributed by atoms with E-state index in [1.807, 2.05) is 6.07 Å². The average Bonchev–Trinajstić information content (AvgIpc) is 2.20. The van der Waals surface area contributed by atoms with Crippen molar-refractivity contribution < 1.29 is 4.79 Å². The molecular weight excluding hydrogens is 178 g/mol. The highest BCUT2D eigenvalue weighted by Gasteiger charge is 2.11. The van der Waals surface area contributed by atoms with Crippen molar-refractivity contribution in [2.75, 3.05) is 6.54 Å². The predicted molar refractivity (Wildman–Crippen MR) is 55.4 cm³/mol. The number of hydrogen-bond acceptors (Lipinski definition) is 3. The molecule has 0 aliphatic rings. The molecule has 0 bridgehead atoms. The molecule has 0 aromatic heterocycles. The van der Waals surface area contributed by atoms with E-state index in [0.717, 1.165) is 19.3 Å². The van der Waals surface area contributed by atoms with Gasteiger partial charge in [0.15, 0.2) is 0 Å². The number of rotatable bonds is 7. The van der Waals surface area contributed by atoms with Gasteiger partial charge in [0.2, 0.25) is 5.91 Å². The first-order valence-corrected chi connectivity index (χ1v) is 5.12.